The SMILES string of the molecule is C=CCCCC[Si](OCCCC)(OCCCC)OCCCC. The number of rotatable bonds is 17. The van der Waals surface area contributed by atoms with Crippen LogP contribution in [0.1, 0.15) is 78.6 Å². The molecule has 0 radical (unpaired) electrons. The number of allylic oxidation sites excluding steroid dienone is 1. The molecule has 0 aromatic rings. The summed E-state index contributed by atoms with van der Waals surface area (Å²) in [7, 11) is -2.49. The molecule has 0 N–H and O–H groups in total. The van der Waals surface area contributed by atoms with E-state index >= 15 is 0 Å². The van der Waals surface area contributed by atoms with Gasteiger partial charge in [-0.05, 0) is 38.5 Å². The standard InChI is InChI=1S/C18H38O3Si/c1-5-9-13-14-18-22(19-15-10-6-2,20-16-11-7-3)21-17-12-8-4/h5H,1,6-18H2,2-4H3. The lowest BCUT2D eigenvalue weighted by atomic mass is 10.2. The molecule has 0 amide bonds. The van der Waals surface area contributed by atoms with Gasteiger partial charge in [-0.2, -0.15) is 0 Å². The summed E-state index contributed by atoms with van der Waals surface area (Å²) in [5.74, 6) is 0. The maximum absolute atomic E-state index is 6.21. The highest BCUT2D eigenvalue weighted by atomic mass is 28.4. The third-order valence-electron chi connectivity index (χ3n) is 3.60. The summed E-state index contributed by atoms with van der Waals surface area (Å²) in [6, 6.07) is 0.942. The number of hydrogen-bond acceptors (Lipinski definition) is 3. The molecule has 0 saturated heterocycles. The Morgan fingerprint density at radius 2 is 1.18 bits per heavy atom. The van der Waals surface area contributed by atoms with Crippen molar-refractivity contribution < 1.29 is 13.3 Å². The molecule has 3 nitrogen and oxygen atoms in total. The molecule has 0 spiro atoms. The Hall–Kier alpha value is -0.163. The van der Waals surface area contributed by atoms with Crippen molar-refractivity contribution in [2.24, 2.45) is 0 Å². The molecule has 22 heavy (non-hydrogen) atoms. The highest BCUT2D eigenvalue weighted by Crippen LogP contribution is 2.21. The first-order valence-electron chi connectivity index (χ1n) is 9.27. The van der Waals surface area contributed by atoms with Gasteiger partial charge in [-0.3, -0.25) is 0 Å². The molecule has 0 fully saturated rings. The van der Waals surface area contributed by atoms with E-state index in [1.807, 2.05) is 6.08 Å². The molecule has 0 atom stereocenters. The van der Waals surface area contributed by atoms with Gasteiger partial charge in [0.2, 0.25) is 0 Å². The number of hydrogen-bond donors (Lipinski definition) is 0. The van der Waals surface area contributed by atoms with E-state index in [1.165, 1.54) is 0 Å². The maximum atomic E-state index is 6.21. The Labute approximate surface area is 139 Å². The fraction of sp³-hybridized carbons (Fsp3) is 0.889. The monoisotopic (exact) mass is 330 g/mol. The lowest BCUT2D eigenvalue weighted by molar-refractivity contribution is 0.0557. The Kier molecular flexibility index (Phi) is 15.6. The van der Waals surface area contributed by atoms with Gasteiger partial charge in [0.1, 0.15) is 0 Å². The fourth-order valence-corrected chi connectivity index (χ4v) is 4.82. The van der Waals surface area contributed by atoms with Crippen LogP contribution in [-0.4, -0.2) is 28.6 Å². The molecule has 0 heterocycles. The molecular weight excluding hydrogens is 292 g/mol. The van der Waals surface area contributed by atoms with Crippen LogP contribution in [0.5, 0.6) is 0 Å². The van der Waals surface area contributed by atoms with E-state index < -0.39 is 8.80 Å². The first-order valence-corrected chi connectivity index (χ1v) is 11.2. The average molecular weight is 331 g/mol. The predicted octanol–water partition coefficient (Wildman–Crippen LogP) is 5.73. The van der Waals surface area contributed by atoms with Crippen molar-refractivity contribution in [1.82, 2.24) is 0 Å². The summed E-state index contributed by atoms with van der Waals surface area (Å²) in [4.78, 5) is 0. The summed E-state index contributed by atoms with van der Waals surface area (Å²) >= 11 is 0. The maximum Gasteiger partial charge on any atom is 0.500 e. The van der Waals surface area contributed by atoms with E-state index in [1.54, 1.807) is 0 Å². The molecule has 0 aliphatic heterocycles. The Balaban J connectivity index is 4.56. The molecule has 0 aromatic heterocycles. The summed E-state index contributed by atoms with van der Waals surface area (Å²) in [6.45, 7) is 12.7. The summed E-state index contributed by atoms with van der Waals surface area (Å²) < 4.78 is 18.6. The predicted molar refractivity (Wildman–Crippen MR) is 97.2 cm³/mol. The Morgan fingerprint density at radius 1 is 0.727 bits per heavy atom. The zero-order valence-electron chi connectivity index (χ0n) is 15.2. The second kappa shape index (κ2) is 15.7. The smallest absolute Gasteiger partial charge is 0.373 e. The van der Waals surface area contributed by atoms with Crippen LogP contribution >= 0.6 is 0 Å². The highest BCUT2D eigenvalue weighted by molar-refractivity contribution is 6.60. The lowest BCUT2D eigenvalue weighted by Crippen LogP contribution is -2.46. The summed E-state index contributed by atoms with van der Waals surface area (Å²) in [5, 5.41) is 0. The van der Waals surface area contributed by atoms with Crippen LogP contribution in [0.25, 0.3) is 0 Å². The molecule has 0 unspecified atom stereocenters. The van der Waals surface area contributed by atoms with E-state index in [4.69, 9.17) is 13.3 Å². The molecule has 0 rings (SSSR count). The van der Waals surface area contributed by atoms with E-state index in [2.05, 4.69) is 27.4 Å². The van der Waals surface area contributed by atoms with Crippen LogP contribution in [-0.2, 0) is 13.3 Å². The molecular formula is C18H38O3Si. The summed E-state index contributed by atoms with van der Waals surface area (Å²) in [5.41, 5.74) is 0. The van der Waals surface area contributed by atoms with Crippen molar-refractivity contribution in [3.05, 3.63) is 12.7 Å². The van der Waals surface area contributed by atoms with Crippen molar-refractivity contribution in [1.29, 1.82) is 0 Å². The first kappa shape index (κ1) is 21.8. The third kappa shape index (κ3) is 11.4. The normalized spacial score (nSPS) is 11.8. The van der Waals surface area contributed by atoms with Crippen LogP contribution < -0.4 is 0 Å². The van der Waals surface area contributed by atoms with Gasteiger partial charge in [0, 0.05) is 25.9 Å². The topological polar surface area (TPSA) is 27.7 Å². The average Bonchev–Trinajstić information content (AvgIpc) is 2.52. The minimum absolute atomic E-state index is 0.766. The molecule has 0 aromatic carbocycles. The van der Waals surface area contributed by atoms with Gasteiger partial charge in [-0.25, -0.2) is 0 Å². The quantitative estimate of drug-likeness (QED) is 0.193. The van der Waals surface area contributed by atoms with Crippen molar-refractivity contribution in [3.8, 4) is 0 Å². The molecule has 0 aliphatic rings. The van der Waals surface area contributed by atoms with Crippen molar-refractivity contribution in [2.45, 2.75) is 84.6 Å². The molecule has 4 heteroatoms. The lowest BCUT2D eigenvalue weighted by Gasteiger charge is -2.30. The van der Waals surface area contributed by atoms with Crippen LogP contribution in [0, 0.1) is 0 Å². The minimum Gasteiger partial charge on any atom is -0.373 e. The van der Waals surface area contributed by atoms with E-state index in [0.717, 1.165) is 83.7 Å². The second-order valence-electron chi connectivity index (χ2n) is 5.82. The van der Waals surface area contributed by atoms with E-state index in [-0.39, 0.29) is 0 Å². The largest absolute Gasteiger partial charge is 0.500 e. The van der Waals surface area contributed by atoms with E-state index in [0.29, 0.717) is 0 Å². The van der Waals surface area contributed by atoms with Crippen LogP contribution in [0.3, 0.4) is 0 Å². The van der Waals surface area contributed by atoms with Gasteiger partial charge in [0.25, 0.3) is 0 Å². The van der Waals surface area contributed by atoms with Gasteiger partial charge < -0.3 is 13.3 Å². The molecule has 0 saturated carbocycles. The summed E-state index contributed by atoms with van der Waals surface area (Å²) in [6.07, 6.45) is 12.0. The Morgan fingerprint density at radius 3 is 1.55 bits per heavy atom. The van der Waals surface area contributed by atoms with Crippen LogP contribution in [0.4, 0.5) is 0 Å². The zero-order chi connectivity index (χ0) is 16.5. The molecule has 132 valence electrons. The van der Waals surface area contributed by atoms with Crippen LogP contribution in [0.15, 0.2) is 12.7 Å². The van der Waals surface area contributed by atoms with Gasteiger partial charge in [0.05, 0.1) is 0 Å². The van der Waals surface area contributed by atoms with Gasteiger partial charge in [-0.1, -0.05) is 46.1 Å². The second-order valence-corrected chi connectivity index (χ2v) is 8.56. The van der Waals surface area contributed by atoms with Crippen molar-refractivity contribution >= 4 is 8.80 Å². The van der Waals surface area contributed by atoms with Crippen molar-refractivity contribution in [3.63, 3.8) is 0 Å². The van der Waals surface area contributed by atoms with Crippen LogP contribution in [0.2, 0.25) is 6.04 Å². The van der Waals surface area contributed by atoms with Gasteiger partial charge in [0.15, 0.2) is 0 Å². The van der Waals surface area contributed by atoms with Gasteiger partial charge in [-0.15, -0.1) is 6.58 Å². The van der Waals surface area contributed by atoms with Crippen molar-refractivity contribution in [2.75, 3.05) is 19.8 Å². The van der Waals surface area contributed by atoms with Gasteiger partial charge >= 0.3 is 8.80 Å². The Bertz CT molecular complexity index is 220. The minimum atomic E-state index is -2.49. The first-order chi connectivity index (χ1) is 10.7. The molecule has 0 aliphatic carbocycles. The highest BCUT2D eigenvalue weighted by Gasteiger charge is 2.40. The molecule has 0 bridgehead atoms. The third-order valence-corrected chi connectivity index (χ3v) is 6.50. The fourth-order valence-electron chi connectivity index (χ4n) is 2.09. The zero-order valence-corrected chi connectivity index (χ0v) is 16.2. The number of unbranched alkanes of at least 4 members (excludes halogenated alkanes) is 5. The van der Waals surface area contributed by atoms with E-state index in [9.17, 15) is 0 Å².